The van der Waals surface area contributed by atoms with Crippen molar-refractivity contribution in [1.82, 2.24) is 0 Å². The number of furan rings is 1. The molecule has 0 fully saturated rings. The lowest BCUT2D eigenvalue weighted by molar-refractivity contribution is -0.143. The Bertz CT molecular complexity index is 909. The molecule has 4 nitrogen and oxygen atoms in total. The molecule has 5 heteroatoms. The zero-order valence-corrected chi connectivity index (χ0v) is 13.8. The summed E-state index contributed by atoms with van der Waals surface area (Å²) in [5.74, 6) is -0.899. The molecule has 0 radical (unpaired) electrons. The highest BCUT2D eigenvalue weighted by molar-refractivity contribution is 6.10. The minimum Gasteiger partial charge on any atom is -0.466 e. The third-order valence-electron chi connectivity index (χ3n) is 3.90. The minimum atomic E-state index is -0.413. The molecular weight excluding hydrogens is 323 g/mol. The SMILES string of the molecule is CCOC(=O)CCc1c(C(=O)c2ccc(F)cc2)oc2ccccc12. The fourth-order valence-electron chi connectivity index (χ4n) is 2.72. The predicted octanol–water partition coefficient (Wildman–Crippen LogP) is 4.30. The number of ketones is 1. The van der Waals surface area contributed by atoms with Gasteiger partial charge in [-0.2, -0.15) is 0 Å². The zero-order chi connectivity index (χ0) is 17.8. The molecule has 0 atom stereocenters. The lowest BCUT2D eigenvalue weighted by Gasteiger charge is -2.04. The average Bonchev–Trinajstić information content (AvgIpc) is 2.99. The quantitative estimate of drug-likeness (QED) is 0.496. The van der Waals surface area contributed by atoms with Gasteiger partial charge in [-0.3, -0.25) is 9.59 Å². The van der Waals surface area contributed by atoms with Crippen LogP contribution in [0.4, 0.5) is 4.39 Å². The first kappa shape index (κ1) is 16.9. The van der Waals surface area contributed by atoms with Crippen molar-refractivity contribution < 1.29 is 23.1 Å². The first-order chi connectivity index (χ1) is 12.1. The Morgan fingerprint density at radius 2 is 1.80 bits per heavy atom. The van der Waals surface area contributed by atoms with Crippen LogP contribution >= 0.6 is 0 Å². The van der Waals surface area contributed by atoms with Gasteiger partial charge in [0.25, 0.3) is 0 Å². The van der Waals surface area contributed by atoms with Crippen LogP contribution in [0, 0.1) is 5.82 Å². The molecule has 0 aliphatic carbocycles. The number of aryl methyl sites for hydroxylation is 1. The van der Waals surface area contributed by atoms with Gasteiger partial charge in [0.15, 0.2) is 5.76 Å². The number of hydrogen-bond acceptors (Lipinski definition) is 4. The summed E-state index contributed by atoms with van der Waals surface area (Å²) >= 11 is 0. The Balaban J connectivity index is 1.98. The van der Waals surface area contributed by atoms with Gasteiger partial charge in [-0.15, -0.1) is 0 Å². The molecule has 0 spiro atoms. The van der Waals surface area contributed by atoms with E-state index in [0.717, 1.165) is 5.39 Å². The van der Waals surface area contributed by atoms with E-state index in [1.165, 1.54) is 24.3 Å². The van der Waals surface area contributed by atoms with Crippen molar-refractivity contribution in [1.29, 1.82) is 0 Å². The number of rotatable bonds is 6. The van der Waals surface area contributed by atoms with Crippen LogP contribution in [0.3, 0.4) is 0 Å². The highest BCUT2D eigenvalue weighted by Crippen LogP contribution is 2.29. The van der Waals surface area contributed by atoms with Gasteiger partial charge < -0.3 is 9.15 Å². The number of carbonyl (C=O) groups is 2. The van der Waals surface area contributed by atoms with Crippen LogP contribution in [-0.2, 0) is 16.0 Å². The van der Waals surface area contributed by atoms with E-state index in [0.29, 0.717) is 29.7 Å². The predicted molar refractivity (Wildman–Crippen MR) is 91.0 cm³/mol. The molecule has 1 aromatic heterocycles. The van der Waals surface area contributed by atoms with E-state index in [4.69, 9.17) is 9.15 Å². The van der Waals surface area contributed by atoms with E-state index in [-0.39, 0.29) is 23.9 Å². The van der Waals surface area contributed by atoms with E-state index in [1.54, 1.807) is 13.0 Å². The van der Waals surface area contributed by atoms with Crippen LogP contribution in [-0.4, -0.2) is 18.4 Å². The maximum absolute atomic E-state index is 13.1. The van der Waals surface area contributed by atoms with Crippen LogP contribution in [0.1, 0.15) is 35.0 Å². The highest BCUT2D eigenvalue weighted by atomic mass is 19.1. The Morgan fingerprint density at radius 1 is 1.08 bits per heavy atom. The molecule has 0 bridgehead atoms. The highest BCUT2D eigenvalue weighted by Gasteiger charge is 2.22. The van der Waals surface area contributed by atoms with Crippen LogP contribution in [0.25, 0.3) is 11.0 Å². The Hall–Kier alpha value is -2.95. The summed E-state index contributed by atoms with van der Waals surface area (Å²) in [7, 11) is 0. The van der Waals surface area contributed by atoms with E-state index < -0.39 is 5.82 Å². The smallest absolute Gasteiger partial charge is 0.306 e. The third-order valence-corrected chi connectivity index (χ3v) is 3.90. The molecule has 128 valence electrons. The van der Waals surface area contributed by atoms with Crippen molar-refractivity contribution in [2.45, 2.75) is 19.8 Å². The number of ether oxygens (including phenoxy) is 1. The fourth-order valence-corrected chi connectivity index (χ4v) is 2.72. The van der Waals surface area contributed by atoms with E-state index >= 15 is 0 Å². The second-order valence-corrected chi connectivity index (χ2v) is 5.55. The Kier molecular flexibility index (Phi) is 4.93. The number of hydrogen-bond donors (Lipinski definition) is 0. The molecule has 0 aliphatic rings. The summed E-state index contributed by atoms with van der Waals surface area (Å²) in [6.07, 6.45) is 0.485. The van der Waals surface area contributed by atoms with Gasteiger partial charge >= 0.3 is 5.97 Å². The lowest BCUT2D eigenvalue weighted by Crippen LogP contribution is -2.08. The number of carbonyl (C=O) groups excluding carboxylic acids is 2. The second kappa shape index (κ2) is 7.30. The van der Waals surface area contributed by atoms with Gasteiger partial charge in [-0.1, -0.05) is 18.2 Å². The maximum Gasteiger partial charge on any atom is 0.306 e. The molecule has 0 amide bonds. The van der Waals surface area contributed by atoms with E-state index in [9.17, 15) is 14.0 Å². The summed E-state index contributed by atoms with van der Waals surface area (Å²) in [4.78, 5) is 24.5. The molecule has 1 heterocycles. The zero-order valence-electron chi connectivity index (χ0n) is 13.8. The summed E-state index contributed by atoms with van der Waals surface area (Å²) in [6.45, 7) is 2.06. The van der Waals surface area contributed by atoms with Crippen LogP contribution in [0.2, 0.25) is 0 Å². The van der Waals surface area contributed by atoms with Crippen molar-refractivity contribution in [2.24, 2.45) is 0 Å². The molecule has 25 heavy (non-hydrogen) atoms. The molecule has 0 saturated heterocycles. The van der Waals surface area contributed by atoms with Crippen LogP contribution in [0.15, 0.2) is 52.9 Å². The molecule has 0 aliphatic heterocycles. The Labute approximate surface area is 144 Å². The van der Waals surface area contributed by atoms with Crippen LogP contribution in [0.5, 0.6) is 0 Å². The number of halogens is 1. The molecule has 2 aromatic carbocycles. The van der Waals surface area contributed by atoms with Gasteiger partial charge in [0, 0.05) is 22.9 Å². The Morgan fingerprint density at radius 3 is 2.52 bits per heavy atom. The number of esters is 1. The van der Waals surface area contributed by atoms with Crippen LogP contribution < -0.4 is 0 Å². The van der Waals surface area contributed by atoms with Gasteiger partial charge in [0.05, 0.1) is 6.61 Å². The van der Waals surface area contributed by atoms with Gasteiger partial charge in [-0.05, 0) is 43.7 Å². The number of fused-ring (bicyclic) bond motifs is 1. The van der Waals surface area contributed by atoms with E-state index in [1.807, 2.05) is 18.2 Å². The third kappa shape index (κ3) is 3.60. The fraction of sp³-hybridized carbons (Fsp3) is 0.200. The topological polar surface area (TPSA) is 56.5 Å². The summed E-state index contributed by atoms with van der Waals surface area (Å²) < 4.78 is 23.8. The molecule has 3 rings (SSSR count). The average molecular weight is 340 g/mol. The number of benzene rings is 2. The first-order valence-corrected chi connectivity index (χ1v) is 8.06. The first-order valence-electron chi connectivity index (χ1n) is 8.06. The van der Waals surface area contributed by atoms with Gasteiger partial charge in [-0.25, -0.2) is 4.39 Å². The molecule has 3 aromatic rings. The van der Waals surface area contributed by atoms with Gasteiger partial charge in [0.2, 0.25) is 5.78 Å². The monoisotopic (exact) mass is 340 g/mol. The van der Waals surface area contributed by atoms with Gasteiger partial charge in [0.1, 0.15) is 11.4 Å². The van der Waals surface area contributed by atoms with Crippen molar-refractivity contribution in [3.05, 3.63) is 71.2 Å². The van der Waals surface area contributed by atoms with E-state index in [2.05, 4.69) is 0 Å². The standard InChI is InChI=1S/C20H17FO4/c1-2-24-18(22)12-11-16-15-5-3-4-6-17(15)25-20(16)19(23)13-7-9-14(21)10-8-13/h3-10H,2,11-12H2,1H3. The van der Waals surface area contributed by atoms with Crippen molar-refractivity contribution >= 4 is 22.7 Å². The van der Waals surface area contributed by atoms with Crippen molar-refractivity contribution in [3.8, 4) is 0 Å². The summed E-state index contributed by atoms with van der Waals surface area (Å²) in [5.41, 5.74) is 1.57. The molecular formula is C20H17FO4. The molecule has 0 unspecified atom stereocenters. The van der Waals surface area contributed by atoms with Crippen molar-refractivity contribution in [3.63, 3.8) is 0 Å². The second-order valence-electron chi connectivity index (χ2n) is 5.55. The normalized spacial score (nSPS) is 10.8. The maximum atomic E-state index is 13.1. The van der Waals surface area contributed by atoms with Crippen molar-refractivity contribution in [2.75, 3.05) is 6.61 Å². The molecule has 0 saturated carbocycles. The largest absolute Gasteiger partial charge is 0.466 e. The minimum absolute atomic E-state index is 0.154. The summed E-state index contributed by atoms with van der Waals surface area (Å²) in [5, 5.41) is 0.789. The molecule has 0 N–H and O–H groups in total. The number of para-hydroxylation sites is 1. The lowest BCUT2D eigenvalue weighted by atomic mass is 10.0. The summed E-state index contributed by atoms with van der Waals surface area (Å²) in [6, 6.07) is 12.6.